The molecule has 0 aliphatic rings. The van der Waals surface area contributed by atoms with Crippen LogP contribution in [0.5, 0.6) is 5.75 Å². The molecule has 4 heteroatoms. The number of amides is 1. The second-order valence-corrected chi connectivity index (χ2v) is 4.77. The average molecular weight is 302 g/mol. The summed E-state index contributed by atoms with van der Waals surface area (Å²) in [6, 6.07) is 14.5. The first-order valence-electron chi connectivity index (χ1n) is 6.65. The van der Waals surface area contributed by atoms with E-state index in [1.54, 1.807) is 30.3 Å². The SMILES string of the molecule is CCOc1ccc(NC(=O)/C=C/c2ccc(Cl)cc2)cc1. The van der Waals surface area contributed by atoms with Gasteiger partial charge in [0.05, 0.1) is 6.61 Å². The molecule has 0 atom stereocenters. The molecule has 0 saturated heterocycles. The molecule has 1 N–H and O–H groups in total. The molecule has 0 heterocycles. The highest BCUT2D eigenvalue weighted by Crippen LogP contribution is 2.16. The lowest BCUT2D eigenvalue weighted by Gasteiger charge is -2.05. The predicted molar refractivity (Wildman–Crippen MR) is 86.7 cm³/mol. The van der Waals surface area contributed by atoms with Crippen molar-refractivity contribution in [3.8, 4) is 5.75 Å². The minimum absolute atomic E-state index is 0.186. The molecule has 0 aliphatic heterocycles. The number of nitrogens with one attached hydrogen (secondary N) is 1. The molecule has 0 aliphatic carbocycles. The smallest absolute Gasteiger partial charge is 0.248 e. The number of carbonyl (C=O) groups excluding carboxylic acids is 1. The maximum Gasteiger partial charge on any atom is 0.248 e. The lowest BCUT2D eigenvalue weighted by molar-refractivity contribution is -0.111. The molecule has 0 aromatic heterocycles. The largest absolute Gasteiger partial charge is 0.494 e. The molecule has 0 unspecified atom stereocenters. The van der Waals surface area contributed by atoms with Gasteiger partial charge >= 0.3 is 0 Å². The van der Waals surface area contributed by atoms with E-state index in [0.29, 0.717) is 11.6 Å². The first-order chi connectivity index (χ1) is 10.2. The van der Waals surface area contributed by atoms with Crippen LogP contribution in [-0.4, -0.2) is 12.5 Å². The monoisotopic (exact) mass is 301 g/mol. The van der Waals surface area contributed by atoms with Crippen LogP contribution >= 0.6 is 11.6 Å². The minimum Gasteiger partial charge on any atom is -0.494 e. The molecule has 2 aromatic rings. The zero-order valence-corrected chi connectivity index (χ0v) is 12.4. The Morgan fingerprint density at radius 3 is 2.43 bits per heavy atom. The highest BCUT2D eigenvalue weighted by Gasteiger charge is 1.99. The van der Waals surface area contributed by atoms with Gasteiger partial charge in [0, 0.05) is 16.8 Å². The summed E-state index contributed by atoms with van der Waals surface area (Å²) in [7, 11) is 0. The van der Waals surface area contributed by atoms with E-state index >= 15 is 0 Å². The van der Waals surface area contributed by atoms with Gasteiger partial charge in [0.2, 0.25) is 5.91 Å². The second-order valence-electron chi connectivity index (χ2n) is 4.33. The number of anilines is 1. The fraction of sp³-hybridized carbons (Fsp3) is 0.118. The van der Waals surface area contributed by atoms with E-state index in [1.807, 2.05) is 31.2 Å². The van der Waals surface area contributed by atoms with Crippen LogP contribution in [-0.2, 0) is 4.79 Å². The zero-order valence-electron chi connectivity index (χ0n) is 11.7. The average Bonchev–Trinajstić information content (AvgIpc) is 2.49. The maximum atomic E-state index is 11.8. The van der Waals surface area contributed by atoms with E-state index in [0.717, 1.165) is 17.0 Å². The Bertz CT molecular complexity index is 618. The lowest BCUT2D eigenvalue weighted by atomic mass is 10.2. The van der Waals surface area contributed by atoms with Crippen molar-refractivity contribution in [1.29, 1.82) is 0 Å². The van der Waals surface area contributed by atoms with Crippen molar-refractivity contribution in [1.82, 2.24) is 0 Å². The van der Waals surface area contributed by atoms with Gasteiger partial charge in [0.15, 0.2) is 0 Å². The molecule has 21 heavy (non-hydrogen) atoms. The molecule has 2 rings (SSSR count). The summed E-state index contributed by atoms with van der Waals surface area (Å²) in [4.78, 5) is 11.8. The molecule has 0 spiro atoms. The normalized spacial score (nSPS) is 10.6. The molecule has 0 radical (unpaired) electrons. The Labute approximate surface area is 129 Å². The van der Waals surface area contributed by atoms with Crippen LogP contribution in [0.2, 0.25) is 5.02 Å². The van der Waals surface area contributed by atoms with Crippen LogP contribution in [0.25, 0.3) is 6.08 Å². The van der Waals surface area contributed by atoms with Crippen LogP contribution in [0.1, 0.15) is 12.5 Å². The van der Waals surface area contributed by atoms with Crippen molar-refractivity contribution in [3.05, 3.63) is 65.2 Å². The van der Waals surface area contributed by atoms with E-state index in [2.05, 4.69) is 5.32 Å². The van der Waals surface area contributed by atoms with Gasteiger partial charge in [-0.05, 0) is 55.0 Å². The second kappa shape index (κ2) is 7.50. The molecule has 0 fully saturated rings. The number of hydrogen-bond acceptors (Lipinski definition) is 2. The number of halogens is 1. The van der Waals surface area contributed by atoms with Crippen molar-refractivity contribution in [2.45, 2.75) is 6.92 Å². The summed E-state index contributed by atoms with van der Waals surface area (Å²) in [5.41, 5.74) is 1.64. The van der Waals surface area contributed by atoms with Gasteiger partial charge in [0.1, 0.15) is 5.75 Å². The summed E-state index contributed by atoms with van der Waals surface area (Å²) in [5.74, 6) is 0.598. The van der Waals surface area contributed by atoms with Gasteiger partial charge in [-0.3, -0.25) is 4.79 Å². The van der Waals surface area contributed by atoms with Gasteiger partial charge in [-0.25, -0.2) is 0 Å². The molecular formula is C17H16ClNO2. The third-order valence-corrected chi connectivity index (χ3v) is 2.98. The van der Waals surface area contributed by atoms with Crippen molar-refractivity contribution >= 4 is 29.3 Å². The van der Waals surface area contributed by atoms with Gasteiger partial charge < -0.3 is 10.1 Å². The summed E-state index contributed by atoms with van der Waals surface area (Å²) < 4.78 is 5.34. The molecule has 108 valence electrons. The number of carbonyl (C=O) groups is 1. The first-order valence-corrected chi connectivity index (χ1v) is 7.02. The van der Waals surface area contributed by atoms with E-state index in [1.165, 1.54) is 6.08 Å². The van der Waals surface area contributed by atoms with Crippen LogP contribution < -0.4 is 10.1 Å². The highest BCUT2D eigenvalue weighted by molar-refractivity contribution is 6.30. The van der Waals surface area contributed by atoms with Crippen molar-refractivity contribution < 1.29 is 9.53 Å². The Balaban J connectivity index is 1.93. The predicted octanol–water partition coefficient (Wildman–Crippen LogP) is 4.39. The van der Waals surface area contributed by atoms with Gasteiger partial charge in [-0.15, -0.1) is 0 Å². The zero-order chi connectivity index (χ0) is 15.1. The number of rotatable bonds is 5. The molecule has 0 bridgehead atoms. The fourth-order valence-corrected chi connectivity index (χ4v) is 1.86. The molecule has 2 aromatic carbocycles. The quantitative estimate of drug-likeness (QED) is 0.832. The molecule has 0 saturated carbocycles. The van der Waals surface area contributed by atoms with E-state index in [-0.39, 0.29) is 5.91 Å². The van der Waals surface area contributed by atoms with E-state index in [4.69, 9.17) is 16.3 Å². The highest BCUT2D eigenvalue weighted by atomic mass is 35.5. The Morgan fingerprint density at radius 2 is 1.81 bits per heavy atom. The van der Waals surface area contributed by atoms with Gasteiger partial charge in [-0.2, -0.15) is 0 Å². The Hall–Kier alpha value is -2.26. The summed E-state index contributed by atoms with van der Waals surface area (Å²) >= 11 is 5.80. The summed E-state index contributed by atoms with van der Waals surface area (Å²) in [6.45, 7) is 2.55. The molecular weight excluding hydrogens is 286 g/mol. The van der Waals surface area contributed by atoms with Crippen molar-refractivity contribution in [2.24, 2.45) is 0 Å². The van der Waals surface area contributed by atoms with Gasteiger partial charge in [0.25, 0.3) is 0 Å². The third-order valence-electron chi connectivity index (χ3n) is 2.73. The third kappa shape index (κ3) is 4.97. The standard InChI is InChI=1S/C17H16ClNO2/c1-2-21-16-10-8-15(9-11-16)19-17(20)12-5-13-3-6-14(18)7-4-13/h3-12H,2H2,1H3,(H,19,20)/b12-5+. The van der Waals surface area contributed by atoms with Crippen molar-refractivity contribution in [2.75, 3.05) is 11.9 Å². The maximum absolute atomic E-state index is 11.8. The Kier molecular flexibility index (Phi) is 5.41. The van der Waals surface area contributed by atoms with E-state index in [9.17, 15) is 4.79 Å². The number of hydrogen-bond donors (Lipinski definition) is 1. The summed E-state index contributed by atoms with van der Waals surface area (Å²) in [5, 5.41) is 3.46. The Morgan fingerprint density at radius 1 is 1.14 bits per heavy atom. The number of benzene rings is 2. The topological polar surface area (TPSA) is 38.3 Å². The van der Waals surface area contributed by atoms with Crippen LogP contribution in [0, 0.1) is 0 Å². The minimum atomic E-state index is -0.186. The van der Waals surface area contributed by atoms with Crippen LogP contribution in [0.15, 0.2) is 54.6 Å². The van der Waals surface area contributed by atoms with Crippen molar-refractivity contribution in [3.63, 3.8) is 0 Å². The van der Waals surface area contributed by atoms with E-state index < -0.39 is 0 Å². The molecule has 3 nitrogen and oxygen atoms in total. The number of ether oxygens (including phenoxy) is 1. The van der Waals surface area contributed by atoms with Crippen LogP contribution in [0.4, 0.5) is 5.69 Å². The first kappa shape index (κ1) is 15.1. The van der Waals surface area contributed by atoms with Gasteiger partial charge in [-0.1, -0.05) is 23.7 Å². The lowest BCUT2D eigenvalue weighted by Crippen LogP contribution is -2.07. The summed E-state index contributed by atoms with van der Waals surface area (Å²) in [6.07, 6.45) is 3.22. The fourth-order valence-electron chi connectivity index (χ4n) is 1.73. The molecule has 1 amide bonds. The van der Waals surface area contributed by atoms with Crippen LogP contribution in [0.3, 0.4) is 0 Å².